The predicted octanol–water partition coefficient (Wildman–Crippen LogP) is 0.182. The standard InChI is InChI=1S/2C2H4O2/c2*1-2(3)4/h2*1H3,(H,3,4). The number of rotatable bonds is 0. The van der Waals surface area contributed by atoms with Gasteiger partial charge in [-0.1, -0.05) is 0 Å². The van der Waals surface area contributed by atoms with Crippen LogP contribution in [0.3, 0.4) is 0 Å². The lowest BCUT2D eigenvalue weighted by Gasteiger charge is -1.59. The third-order valence-electron chi connectivity index (χ3n) is 0. The second-order valence-corrected chi connectivity index (χ2v) is 1.04. The lowest BCUT2D eigenvalue weighted by Crippen LogP contribution is -1.78. The zero-order chi connectivity index (χ0) is 7.15. The first-order valence-corrected chi connectivity index (χ1v) is 1.86. The number of carboxylic acid groups (broad SMARTS) is 2. The van der Waals surface area contributed by atoms with Crippen molar-refractivity contribution in [3.05, 3.63) is 0 Å². The maximum absolute atomic E-state index is 9.00. The Kier molecular flexibility index (Phi) is 7.45. The van der Waals surface area contributed by atoms with Gasteiger partial charge >= 0.3 is 0 Å². The summed E-state index contributed by atoms with van der Waals surface area (Å²) in [6.07, 6.45) is 0. The number of aliphatic carboxylic acids is 2. The lowest BCUT2D eigenvalue weighted by atomic mass is 10.9. The molecule has 4 nitrogen and oxygen atoms in total. The van der Waals surface area contributed by atoms with E-state index < -0.39 is 11.9 Å². The molecule has 0 unspecified atom stereocenters. The van der Waals surface area contributed by atoms with Crippen LogP contribution in [0.25, 0.3) is 0 Å². The van der Waals surface area contributed by atoms with Crippen LogP contribution in [-0.4, -0.2) is 22.2 Å². The van der Waals surface area contributed by atoms with E-state index in [9.17, 15) is 0 Å². The summed E-state index contributed by atoms with van der Waals surface area (Å²) < 4.78 is 0. The third-order valence-corrected chi connectivity index (χ3v) is 0. The summed E-state index contributed by atoms with van der Waals surface area (Å²) in [5, 5.41) is 14.8. The highest BCUT2D eigenvalue weighted by molar-refractivity contribution is 5.63. The molecule has 0 fully saturated rings. The quantitative estimate of drug-likeness (QED) is 0.478. The SMILES string of the molecule is CC(=O)O.CC(=O)O. The van der Waals surface area contributed by atoms with E-state index in [2.05, 4.69) is 0 Å². The Hall–Kier alpha value is -1.06. The van der Waals surface area contributed by atoms with Crippen LogP contribution in [0.5, 0.6) is 0 Å². The summed E-state index contributed by atoms with van der Waals surface area (Å²) >= 11 is 0. The maximum atomic E-state index is 9.00. The summed E-state index contributed by atoms with van der Waals surface area (Å²) in [4.78, 5) is 18.0. The van der Waals surface area contributed by atoms with Gasteiger partial charge in [0.2, 0.25) is 0 Å². The van der Waals surface area contributed by atoms with E-state index in [1.165, 1.54) is 0 Å². The first kappa shape index (κ1) is 10.0. The number of hydrogen-bond acceptors (Lipinski definition) is 2. The van der Waals surface area contributed by atoms with E-state index in [0.29, 0.717) is 0 Å². The summed E-state index contributed by atoms with van der Waals surface area (Å²) in [7, 11) is 0. The fourth-order valence-electron chi connectivity index (χ4n) is 0. The fourth-order valence-corrected chi connectivity index (χ4v) is 0. The number of hydrogen-bond donors (Lipinski definition) is 2. The highest BCUT2D eigenvalue weighted by atomic mass is 16.4. The molecule has 0 aliphatic heterocycles. The van der Waals surface area contributed by atoms with Gasteiger partial charge in [-0.25, -0.2) is 0 Å². The molecular weight excluding hydrogens is 112 g/mol. The minimum atomic E-state index is -0.833. The van der Waals surface area contributed by atoms with Gasteiger partial charge in [-0.15, -0.1) is 0 Å². The van der Waals surface area contributed by atoms with Gasteiger partial charge in [-0.3, -0.25) is 9.59 Å². The monoisotopic (exact) mass is 120 g/mol. The Morgan fingerprint density at radius 1 is 1.00 bits per heavy atom. The largest absolute Gasteiger partial charge is 0.481 e. The number of carboxylic acids is 2. The van der Waals surface area contributed by atoms with Gasteiger partial charge in [-0.2, -0.15) is 0 Å². The average Bonchev–Trinajstić information content (AvgIpc) is 1.25. The summed E-state index contributed by atoms with van der Waals surface area (Å²) in [6.45, 7) is 2.17. The molecule has 0 rings (SSSR count). The Morgan fingerprint density at radius 2 is 1.00 bits per heavy atom. The molecule has 0 aromatic heterocycles. The molecule has 0 aliphatic carbocycles. The molecule has 4 heteroatoms. The molecule has 0 aromatic carbocycles. The van der Waals surface area contributed by atoms with Crippen molar-refractivity contribution in [1.82, 2.24) is 0 Å². The minimum Gasteiger partial charge on any atom is -0.481 e. The summed E-state index contributed by atoms with van der Waals surface area (Å²) in [5.41, 5.74) is 0. The van der Waals surface area contributed by atoms with Crippen LogP contribution in [0.1, 0.15) is 13.8 Å². The van der Waals surface area contributed by atoms with Crippen molar-refractivity contribution >= 4 is 11.9 Å². The second kappa shape index (κ2) is 5.94. The molecule has 0 heterocycles. The molecule has 0 atom stereocenters. The van der Waals surface area contributed by atoms with Crippen molar-refractivity contribution in [3.63, 3.8) is 0 Å². The third kappa shape index (κ3) is 68.3. The lowest BCUT2D eigenvalue weighted by molar-refractivity contribution is -0.135. The van der Waals surface area contributed by atoms with Crippen LogP contribution >= 0.6 is 0 Å². The van der Waals surface area contributed by atoms with Crippen molar-refractivity contribution in [2.45, 2.75) is 13.8 Å². The van der Waals surface area contributed by atoms with Gasteiger partial charge in [0.05, 0.1) is 0 Å². The smallest absolute Gasteiger partial charge is 0.300 e. The van der Waals surface area contributed by atoms with Crippen LogP contribution in [0.4, 0.5) is 0 Å². The van der Waals surface area contributed by atoms with Crippen LogP contribution in [0, 0.1) is 0 Å². The molecule has 2 N–H and O–H groups in total. The van der Waals surface area contributed by atoms with E-state index >= 15 is 0 Å². The zero-order valence-electron chi connectivity index (χ0n) is 4.71. The van der Waals surface area contributed by atoms with Gasteiger partial charge < -0.3 is 10.2 Å². The van der Waals surface area contributed by atoms with Crippen LogP contribution in [-0.2, 0) is 9.59 Å². The summed E-state index contributed by atoms with van der Waals surface area (Å²) in [5.74, 6) is -1.67. The Morgan fingerprint density at radius 3 is 1.00 bits per heavy atom. The van der Waals surface area contributed by atoms with E-state index in [4.69, 9.17) is 19.8 Å². The van der Waals surface area contributed by atoms with Gasteiger partial charge in [0, 0.05) is 13.8 Å². The highest BCUT2D eigenvalue weighted by Gasteiger charge is 1.65. The van der Waals surface area contributed by atoms with Crippen molar-refractivity contribution in [1.29, 1.82) is 0 Å². The molecule has 0 bridgehead atoms. The van der Waals surface area contributed by atoms with E-state index in [-0.39, 0.29) is 0 Å². The van der Waals surface area contributed by atoms with Crippen LogP contribution < -0.4 is 0 Å². The van der Waals surface area contributed by atoms with Crippen molar-refractivity contribution in [3.8, 4) is 0 Å². The Balaban J connectivity index is 0. The Labute approximate surface area is 46.8 Å². The van der Waals surface area contributed by atoms with E-state index in [1.807, 2.05) is 0 Å². The van der Waals surface area contributed by atoms with Crippen LogP contribution in [0.15, 0.2) is 0 Å². The topological polar surface area (TPSA) is 74.6 Å². The molecule has 8 heavy (non-hydrogen) atoms. The van der Waals surface area contributed by atoms with Crippen LogP contribution in [0.2, 0.25) is 0 Å². The number of carbonyl (C=O) groups is 2. The predicted molar refractivity (Wildman–Crippen MR) is 26.6 cm³/mol. The first-order valence-electron chi connectivity index (χ1n) is 1.86. The van der Waals surface area contributed by atoms with Gasteiger partial charge in [0.25, 0.3) is 11.9 Å². The van der Waals surface area contributed by atoms with Gasteiger partial charge in [0.15, 0.2) is 0 Å². The van der Waals surface area contributed by atoms with E-state index in [0.717, 1.165) is 13.8 Å². The average molecular weight is 120 g/mol. The van der Waals surface area contributed by atoms with Crippen molar-refractivity contribution in [2.75, 3.05) is 0 Å². The molecular formula is C4H8O4. The summed E-state index contributed by atoms with van der Waals surface area (Å²) in [6, 6.07) is 0. The van der Waals surface area contributed by atoms with Gasteiger partial charge in [-0.05, 0) is 0 Å². The zero-order valence-corrected chi connectivity index (χ0v) is 4.71. The van der Waals surface area contributed by atoms with Gasteiger partial charge in [0.1, 0.15) is 0 Å². The molecule has 0 radical (unpaired) electrons. The van der Waals surface area contributed by atoms with Crippen molar-refractivity contribution < 1.29 is 19.8 Å². The fraction of sp³-hybridized carbons (Fsp3) is 0.500. The molecule has 0 aromatic rings. The normalized spacial score (nSPS) is 6.25. The molecule has 0 saturated carbocycles. The molecule has 0 saturated heterocycles. The molecule has 48 valence electrons. The molecule has 0 aliphatic rings. The maximum Gasteiger partial charge on any atom is 0.300 e. The van der Waals surface area contributed by atoms with Crippen molar-refractivity contribution in [2.24, 2.45) is 0 Å². The highest BCUT2D eigenvalue weighted by Crippen LogP contribution is 1.42. The molecule has 0 amide bonds. The Bertz CT molecular complexity index is 66.0. The second-order valence-electron chi connectivity index (χ2n) is 1.04. The first-order chi connectivity index (χ1) is 3.46. The molecule has 0 spiro atoms. The minimum absolute atomic E-state index is 0.833. The van der Waals surface area contributed by atoms with E-state index in [1.54, 1.807) is 0 Å².